The van der Waals surface area contributed by atoms with Crippen LogP contribution >= 0.6 is 0 Å². The number of aryl methyl sites for hydroxylation is 2. The summed E-state index contributed by atoms with van der Waals surface area (Å²) in [5.74, 6) is 2.44. The summed E-state index contributed by atoms with van der Waals surface area (Å²) in [6.45, 7) is 7.08. The van der Waals surface area contributed by atoms with Crippen molar-refractivity contribution in [1.29, 1.82) is 0 Å². The van der Waals surface area contributed by atoms with E-state index < -0.39 is 5.60 Å². The fourth-order valence-electron chi connectivity index (χ4n) is 3.32. The largest absolute Gasteiger partial charge is 0.464 e. The van der Waals surface area contributed by atoms with Gasteiger partial charge in [-0.15, -0.1) is 0 Å². The van der Waals surface area contributed by atoms with E-state index in [0.29, 0.717) is 18.9 Å². The van der Waals surface area contributed by atoms with E-state index in [1.807, 2.05) is 51.1 Å². The number of nitrogens with one attached hydrogen (secondary N) is 2. The van der Waals surface area contributed by atoms with Crippen molar-refractivity contribution in [2.75, 3.05) is 13.1 Å². The highest BCUT2D eigenvalue weighted by molar-refractivity contribution is 5.80. The Kier molecular flexibility index (Phi) is 5.13. The lowest BCUT2D eigenvalue weighted by Crippen LogP contribution is -2.40. The lowest BCUT2D eigenvalue weighted by Gasteiger charge is -2.23. The average Bonchev–Trinajstić information content (AvgIpc) is 3.18. The molecule has 5 nitrogen and oxygen atoms in total. The molecule has 0 amide bonds. The van der Waals surface area contributed by atoms with Crippen LogP contribution in [-0.4, -0.2) is 24.2 Å². The van der Waals surface area contributed by atoms with Gasteiger partial charge in [-0.3, -0.25) is 0 Å². The zero-order chi connectivity index (χ0) is 17.9. The molecule has 1 heterocycles. The third kappa shape index (κ3) is 3.87. The Morgan fingerprint density at radius 3 is 2.84 bits per heavy atom. The molecule has 0 saturated heterocycles. The van der Waals surface area contributed by atoms with Crippen molar-refractivity contribution in [2.24, 2.45) is 4.99 Å². The van der Waals surface area contributed by atoms with Gasteiger partial charge in [0, 0.05) is 6.54 Å². The second-order valence-corrected chi connectivity index (χ2v) is 6.70. The minimum atomic E-state index is -0.885. The van der Waals surface area contributed by atoms with Gasteiger partial charge in [-0.05, 0) is 56.9 Å². The van der Waals surface area contributed by atoms with Crippen molar-refractivity contribution < 1.29 is 9.52 Å². The van der Waals surface area contributed by atoms with Gasteiger partial charge in [-0.1, -0.05) is 24.3 Å². The van der Waals surface area contributed by atoms with E-state index in [2.05, 4.69) is 21.7 Å². The highest BCUT2D eigenvalue weighted by Gasteiger charge is 2.36. The second kappa shape index (κ2) is 7.31. The summed E-state index contributed by atoms with van der Waals surface area (Å²) in [6.07, 6.45) is 1.61. The molecule has 0 saturated carbocycles. The number of guanidine groups is 1. The van der Waals surface area contributed by atoms with Gasteiger partial charge in [-0.25, -0.2) is 4.99 Å². The van der Waals surface area contributed by atoms with E-state index in [1.54, 1.807) is 0 Å². The zero-order valence-corrected chi connectivity index (χ0v) is 15.2. The van der Waals surface area contributed by atoms with Gasteiger partial charge in [0.15, 0.2) is 5.96 Å². The van der Waals surface area contributed by atoms with Crippen LogP contribution in [0.3, 0.4) is 0 Å². The summed E-state index contributed by atoms with van der Waals surface area (Å²) in [6, 6.07) is 12.0. The summed E-state index contributed by atoms with van der Waals surface area (Å²) in [5, 5.41) is 17.6. The average molecular weight is 341 g/mol. The van der Waals surface area contributed by atoms with Crippen LogP contribution in [0.25, 0.3) is 0 Å². The van der Waals surface area contributed by atoms with Gasteiger partial charge >= 0.3 is 0 Å². The molecule has 5 heteroatoms. The molecule has 1 aliphatic carbocycles. The molecule has 0 bridgehead atoms. The van der Waals surface area contributed by atoms with Crippen LogP contribution in [-0.2, 0) is 12.0 Å². The molecule has 0 radical (unpaired) electrons. The van der Waals surface area contributed by atoms with E-state index in [0.717, 1.165) is 30.0 Å². The Morgan fingerprint density at radius 2 is 2.12 bits per heavy atom. The normalized spacial score (nSPS) is 21.0. The van der Waals surface area contributed by atoms with Gasteiger partial charge in [-0.2, -0.15) is 0 Å². The van der Waals surface area contributed by atoms with Crippen LogP contribution in [0.15, 0.2) is 45.8 Å². The Labute approximate surface area is 149 Å². The lowest BCUT2D eigenvalue weighted by molar-refractivity contribution is 0.0485. The van der Waals surface area contributed by atoms with Crippen molar-refractivity contribution >= 4 is 5.96 Å². The maximum atomic E-state index is 11.0. The first-order valence-corrected chi connectivity index (χ1v) is 8.94. The van der Waals surface area contributed by atoms with Crippen molar-refractivity contribution in [3.05, 3.63) is 59.0 Å². The van der Waals surface area contributed by atoms with Gasteiger partial charge in [0.2, 0.25) is 0 Å². The third-order valence-corrected chi connectivity index (χ3v) is 4.71. The maximum absolute atomic E-state index is 11.0. The zero-order valence-electron chi connectivity index (χ0n) is 15.2. The van der Waals surface area contributed by atoms with Crippen LogP contribution in [0.1, 0.15) is 49.0 Å². The molecular weight excluding hydrogens is 314 g/mol. The molecule has 1 aliphatic rings. The van der Waals surface area contributed by atoms with E-state index in [4.69, 9.17) is 4.42 Å². The molecule has 3 N–H and O–H groups in total. The number of aliphatic imine (C=N–C) groups is 1. The summed E-state index contributed by atoms with van der Waals surface area (Å²) < 4.78 is 5.67. The highest BCUT2D eigenvalue weighted by atomic mass is 16.3. The lowest BCUT2D eigenvalue weighted by atomic mass is 9.96. The molecule has 25 heavy (non-hydrogen) atoms. The first-order valence-electron chi connectivity index (χ1n) is 8.94. The molecule has 1 aromatic heterocycles. The van der Waals surface area contributed by atoms with Gasteiger partial charge in [0.1, 0.15) is 17.1 Å². The number of aliphatic hydroxyl groups is 1. The molecular formula is C20H27N3O2. The van der Waals surface area contributed by atoms with Crippen molar-refractivity contribution in [1.82, 2.24) is 10.6 Å². The molecule has 3 rings (SSSR count). The predicted molar refractivity (Wildman–Crippen MR) is 99.6 cm³/mol. The summed E-state index contributed by atoms with van der Waals surface area (Å²) in [5.41, 5.74) is 1.34. The van der Waals surface area contributed by atoms with Crippen LogP contribution in [0, 0.1) is 6.92 Å². The Hall–Kier alpha value is -2.27. The van der Waals surface area contributed by atoms with E-state index in [9.17, 15) is 5.11 Å². The topological polar surface area (TPSA) is 69.8 Å². The monoisotopic (exact) mass is 341 g/mol. The number of nitrogens with zero attached hydrogens (tertiary/aromatic N) is 1. The fourth-order valence-corrected chi connectivity index (χ4v) is 3.32. The van der Waals surface area contributed by atoms with Crippen LogP contribution in [0.5, 0.6) is 0 Å². The van der Waals surface area contributed by atoms with Crippen molar-refractivity contribution in [3.8, 4) is 0 Å². The number of benzene rings is 1. The Balaban J connectivity index is 1.72. The SMILES string of the molecule is CCNC(=NCC1(O)CCc2ccccc21)NC(C)c1ccc(C)o1. The first kappa shape index (κ1) is 17.5. The van der Waals surface area contributed by atoms with Crippen LogP contribution in [0.4, 0.5) is 0 Å². The quantitative estimate of drug-likeness (QED) is 0.577. The van der Waals surface area contributed by atoms with Crippen LogP contribution in [0.2, 0.25) is 0 Å². The van der Waals surface area contributed by atoms with Crippen molar-refractivity contribution in [3.63, 3.8) is 0 Å². The van der Waals surface area contributed by atoms with Crippen molar-refractivity contribution in [2.45, 2.75) is 45.3 Å². The Bertz CT molecular complexity index is 753. The maximum Gasteiger partial charge on any atom is 0.191 e. The van der Waals surface area contributed by atoms with Gasteiger partial charge in [0.25, 0.3) is 0 Å². The highest BCUT2D eigenvalue weighted by Crippen LogP contribution is 2.36. The number of hydrogen-bond donors (Lipinski definition) is 3. The van der Waals surface area contributed by atoms with E-state index in [1.165, 1.54) is 5.56 Å². The predicted octanol–water partition coefficient (Wildman–Crippen LogP) is 3.04. The third-order valence-electron chi connectivity index (χ3n) is 4.71. The molecule has 2 atom stereocenters. The van der Waals surface area contributed by atoms with Gasteiger partial charge in [0.05, 0.1) is 12.6 Å². The minimum Gasteiger partial charge on any atom is -0.464 e. The molecule has 2 aromatic rings. The fraction of sp³-hybridized carbons (Fsp3) is 0.450. The minimum absolute atomic E-state index is 0.00277. The summed E-state index contributed by atoms with van der Waals surface area (Å²) in [4.78, 5) is 4.64. The molecule has 134 valence electrons. The summed E-state index contributed by atoms with van der Waals surface area (Å²) in [7, 11) is 0. The molecule has 0 aliphatic heterocycles. The first-order chi connectivity index (χ1) is 12.0. The summed E-state index contributed by atoms with van der Waals surface area (Å²) >= 11 is 0. The van der Waals surface area contributed by atoms with E-state index >= 15 is 0 Å². The molecule has 0 fully saturated rings. The van der Waals surface area contributed by atoms with Gasteiger partial charge < -0.3 is 20.2 Å². The number of fused-ring (bicyclic) bond motifs is 1. The molecule has 0 spiro atoms. The van der Waals surface area contributed by atoms with E-state index in [-0.39, 0.29) is 6.04 Å². The number of hydrogen-bond acceptors (Lipinski definition) is 3. The Morgan fingerprint density at radius 1 is 1.32 bits per heavy atom. The second-order valence-electron chi connectivity index (χ2n) is 6.70. The van der Waals surface area contributed by atoms with Crippen LogP contribution < -0.4 is 10.6 Å². The smallest absolute Gasteiger partial charge is 0.191 e. The molecule has 2 unspecified atom stereocenters. The molecule has 1 aromatic carbocycles. The number of rotatable bonds is 5. The standard InChI is InChI=1S/C20H27N3O2/c1-4-21-19(23-15(3)18-10-9-14(2)25-18)22-13-20(24)12-11-16-7-5-6-8-17(16)20/h5-10,15,24H,4,11-13H2,1-3H3,(H2,21,22,23). The number of furan rings is 1.